The van der Waals surface area contributed by atoms with E-state index in [-0.39, 0.29) is 5.91 Å². The molecule has 3 aromatic carbocycles. The number of ether oxygens (including phenoxy) is 1. The molecule has 0 fully saturated rings. The number of rotatable bonds is 5. The minimum Gasteiger partial charge on any atom is -0.476 e. The van der Waals surface area contributed by atoms with Crippen LogP contribution in [-0.2, 0) is 4.79 Å². The average molecular weight is 343 g/mol. The molecule has 4 aromatic rings. The van der Waals surface area contributed by atoms with Crippen LogP contribution >= 0.6 is 0 Å². The predicted octanol–water partition coefficient (Wildman–Crippen LogP) is 3.93. The van der Waals surface area contributed by atoms with Gasteiger partial charge in [-0.15, -0.1) is 0 Å². The fraction of sp³-hybridized carbons (Fsp3) is 0.0476. The molecule has 0 saturated heterocycles. The first-order chi connectivity index (χ1) is 12.8. The maximum atomic E-state index is 13.0. The second-order valence-electron chi connectivity index (χ2n) is 5.80. The highest BCUT2D eigenvalue weighted by molar-refractivity contribution is 5.91. The van der Waals surface area contributed by atoms with Crippen LogP contribution in [0.2, 0.25) is 0 Å². The molecule has 0 saturated carbocycles. The molecule has 0 aliphatic heterocycles. The molecule has 0 bridgehead atoms. The molecule has 4 rings (SSSR count). The molecule has 1 atom stereocenters. The number of para-hydroxylation sites is 3. The number of imidazole rings is 1. The van der Waals surface area contributed by atoms with Gasteiger partial charge in [-0.2, -0.15) is 0 Å². The number of carbonyl (C=O) groups is 1. The van der Waals surface area contributed by atoms with Crippen LogP contribution in [0, 0.1) is 0 Å². The predicted molar refractivity (Wildman–Crippen MR) is 100 cm³/mol. The normalized spacial score (nSPS) is 11.8. The molecule has 1 N–H and O–H groups in total. The largest absolute Gasteiger partial charge is 0.476 e. The standard InChI is InChI=1S/C21H17N3O2/c25-21(23-24-15-22-18-13-7-8-14-19(18)24)20(16-9-3-1-4-10-16)26-17-11-5-2-6-12-17/h1-15,20H,(H,23,25)/t20-/m0/s1. The van der Waals surface area contributed by atoms with Gasteiger partial charge in [0.05, 0.1) is 11.0 Å². The minimum atomic E-state index is -0.778. The Morgan fingerprint density at radius 1 is 0.885 bits per heavy atom. The molecule has 5 nitrogen and oxygen atoms in total. The van der Waals surface area contributed by atoms with E-state index in [4.69, 9.17) is 4.74 Å². The summed E-state index contributed by atoms with van der Waals surface area (Å²) in [6, 6.07) is 26.3. The fourth-order valence-corrected chi connectivity index (χ4v) is 2.76. The van der Waals surface area contributed by atoms with E-state index >= 15 is 0 Å². The van der Waals surface area contributed by atoms with Crippen molar-refractivity contribution in [1.29, 1.82) is 0 Å². The van der Waals surface area contributed by atoms with Crippen LogP contribution < -0.4 is 10.2 Å². The van der Waals surface area contributed by atoms with Crippen LogP contribution in [0.4, 0.5) is 0 Å². The quantitative estimate of drug-likeness (QED) is 0.597. The first-order valence-corrected chi connectivity index (χ1v) is 8.31. The number of hydrogen-bond donors (Lipinski definition) is 1. The lowest BCUT2D eigenvalue weighted by molar-refractivity contribution is -0.124. The summed E-state index contributed by atoms with van der Waals surface area (Å²) in [4.78, 5) is 17.3. The second-order valence-corrected chi connectivity index (χ2v) is 5.80. The number of fused-ring (bicyclic) bond motifs is 1. The van der Waals surface area contributed by atoms with Crippen molar-refractivity contribution in [3.8, 4) is 5.75 Å². The lowest BCUT2D eigenvalue weighted by atomic mass is 10.1. The molecule has 0 radical (unpaired) electrons. The Morgan fingerprint density at radius 3 is 2.31 bits per heavy atom. The van der Waals surface area contributed by atoms with Crippen molar-refractivity contribution in [2.75, 3.05) is 5.43 Å². The van der Waals surface area contributed by atoms with Crippen LogP contribution in [-0.4, -0.2) is 15.6 Å². The molecule has 0 spiro atoms. The first-order valence-electron chi connectivity index (χ1n) is 8.31. The van der Waals surface area contributed by atoms with Crippen molar-refractivity contribution >= 4 is 16.9 Å². The number of nitrogens with zero attached hydrogens (tertiary/aromatic N) is 2. The molecule has 1 aromatic heterocycles. The summed E-state index contributed by atoms with van der Waals surface area (Å²) in [5.41, 5.74) is 5.29. The van der Waals surface area contributed by atoms with E-state index < -0.39 is 6.10 Å². The van der Waals surface area contributed by atoms with Crippen LogP contribution in [0.1, 0.15) is 11.7 Å². The summed E-state index contributed by atoms with van der Waals surface area (Å²) in [7, 11) is 0. The van der Waals surface area contributed by atoms with E-state index in [2.05, 4.69) is 10.4 Å². The third-order valence-corrected chi connectivity index (χ3v) is 4.02. The Morgan fingerprint density at radius 2 is 1.54 bits per heavy atom. The second kappa shape index (κ2) is 7.11. The summed E-state index contributed by atoms with van der Waals surface area (Å²) in [6.07, 6.45) is 0.812. The summed E-state index contributed by atoms with van der Waals surface area (Å²) in [6.45, 7) is 0. The summed E-state index contributed by atoms with van der Waals surface area (Å²) in [5.74, 6) is 0.357. The third kappa shape index (κ3) is 3.28. The SMILES string of the molecule is O=C(Nn1cnc2ccccc21)[C@@H](Oc1ccccc1)c1ccccc1. The van der Waals surface area contributed by atoms with Gasteiger partial charge in [-0.3, -0.25) is 10.2 Å². The van der Waals surface area contributed by atoms with Crippen molar-refractivity contribution in [3.63, 3.8) is 0 Å². The van der Waals surface area contributed by atoms with Crippen LogP contribution in [0.5, 0.6) is 5.75 Å². The van der Waals surface area contributed by atoms with Crippen LogP contribution in [0.3, 0.4) is 0 Å². The van der Waals surface area contributed by atoms with Gasteiger partial charge in [-0.1, -0.05) is 60.7 Å². The fourth-order valence-electron chi connectivity index (χ4n) is 2.76. The zero-order chi connectivity index (χ0) is 17.8. The minimum absolute atomic E-state index is 0.275. The van der Waals surface area contributed by atoms with Gasteiger partial charge in [0.15, 0.2) is 0 Å². The molecule has 1 heterocycles. The maximum Gasteiger partial charge on any atom is 0.284 e. The molecular weight excluding hydrogens is 326 g/mol. The summed E-state index contributed by atoms with van der Waals surface area (Å²) < 4.78 is 7.59. The molecular formula is C21H17N3O2. The van der Waals surface area contributed by atoms with Gasteiger partial charge in [-0.05, 0) is 24.3 Å². The topological polar surface area (TPSA) is 56.2 Å². The van der Waals surface area contributed by atoms with Crippen molar-refractivity contribution in [2.45, 2.75) is 6.10 Å². The Kier molecular flexibility index (Phi) is 4.35. The Labute approximate surface area is 150 Å². The van der Waals surface area contributed by atoms with Crippen molar-refractivity contribution in [1.82, 2.24) is 9.66 Å². The maximum absolute atomic E-state index is 13.0. The molecule has 0 unspecified atom stereocenters. The van der Waals surface area contributed by atoms with Gasteiger partial charge in [-0.25, -0.2) is 9.66 Å². The zero-order valence-electron chi connectivity index (χ0n) is 13.9. The van der Waals surface area contributed by atoms with Gasteiger partial charge in [0.25, 0.3) is 5.91 Å². The molecule has 128 valence electrons. The van der Waals surface area contributed by atoms with Crippen molar-refractivity contribution in [2.24, 2.45) is 0 Å². The highest BCUT2D eigenvalue weighted by atomic mass is 16.5. The van der Waals surface area contributed by atoms with E-state index in [0.29, 0.717) is 5.75 Å². The lowest BCUT2D eigenvalue weighted by Crippen LogP contribution is -2.31. The number of amides is 1. The molecule has 5 heteroatoms. The smallest absolute Gasteiger partial charge is 0.284 e. The van der Waals surface area contributed by atoms with Gasteiger partial charge < -0.3 is 4.74 Å². The van der Waals surface area contributed by atoms with Gasteiger partial charge in [0.1, 0.15) is 12.1 Å². The first kappa shape index (κ1) is 15.9. The average Bonchev–Trinajstić information content (AvgIpc) is 3.10. The van der Waals surface area contributed by atoms with E-state index in [9.17, 15) is 4.79 Å². The van der Waals surface area contributed by atoms with Gasteiger partial charge in [0.2, 0.25) is 6.10 Å². The van der Waals surface area contributed by atoms with Crippen LogP contribution in [0.15, 0.2) is 91.3 Å². The van der Waals surface area contributed by atoms with E-state index in [0.717, 1.165) is 16.6 Å². The van der Waals surface area contributed by atoms with E-state index in [1.165, 1.54) is 0 Å². The number of carbonyl (C=O) groups excluding carboxylic acids is 1. The van der Waals surface area contributed by atoms with Crippen molar-refractivity contribution in [3.05, 3.63) is 96.8 Å². The number of benzene rings is 3. The number of aromatic nitrogens is 2. The Hall–Kier alpha value is -3.60. The molecule has 1 amide bonds. The summed E-state index contributed by atoms with van der Waals surface area (Å²) >= 11 is 0. The molecule has 0 aliphatic rings. The highest BCUT2D eigenvalue weighted by Gasteiger charge is 2.23. The van der Waals surface area contributed by atoms with Gasteiger partial charge in [0, 0.05) is 5.56 Å². The number of hydrogen-bond acceptors (Lipinski definition) is 3. The zero-order valence-corrected chi connectivity index (χ0v) is 13.9. The van der Waals surface area contributed by atoms with Gasteiger partial charge >= 0.3 is 0 Å². The summed E-state index contributed by atoms with van der Waals surface area (Å²) in [5, 5.41) is 0. The third-order valence-electron chi connectivity index (χ3n) is 4.02. The van der Waals surface area contributed by atoms with Crippen LogP contribution in [0.25, 0.3) is 11.0 Å². The Balaban J connectivity index is 1.63. The lowest BCUT2D eigenvalue weighted by Gasteiger charge is -2.19. The molecule has 0 aliphatic carbocycles. The van der Waals surface area contributed by atoms with Crippen molar-refractivity contribution < 1.29 is 9.53 Å². The number of nitrogens with one attached hydrogen (secondary N) is 1. The van der Waals surface area contributed by atoms with E-state index in [1.54, 1.807) is 11.0 Å². The molecule has 26 heavy (non-hydrogen) atoms. The van der Waals surface area contributed by atoms with E-state index in [1.807, 2.05) is 84.9 Å². The monoisotopic (exact) mass is 343 g/mol. The highest BCUT2D eigenvalue weighted by Crippen LogP contribution is 2.22. The Bertz CT molecular complexity index is 1010.